The van der Waals surface area contributed by atoms with E-state index in [-0.39, 0.29) is 47.6 Å². The third kappa shape index (κ3) is 5.31. The number of carbonyl (C=O) groups excluding carboxylic acids is 3. The maximum Gasteiger partial charge on any atom is 0.310 e. The van der Waals surface area contributed by atoms with Gasteiger partial charge in [-0.2, -0.15) is 0 Å². The minimum Gasteiger partial charge on any atom is -0.465 e. The summed E-state index contributed by atoms with van der Waals surface area (Å²) in [5.41, 5.74) is 0.650. The van der Waals surface area contributed by atoms with Gasteiger partial charge < -0.3 is 19.6 Å². The van der Waals surface area contributed by atoms with Crippen molar-refractivity contribution in [3.05, 3.63) is 54.6 Å². The summed E-state index contributed by atoms with van der Waals surface area (Å²) < 4.78 is 4.89. The smallest absolute Gasteiger partial charge is 0.310 e. The number of likely N-dealkylation sites (tertiary alicyclic amines) is 1. The van der Waals surface area contributed by atoms with E-state index >= 15 is 0 Å². The van der Waals surface area contributed by atoms with Crippen LogP contribution in [-0.4, -0.2) is 75.0 Å². The number of aliphatic hydroxyl groups excluding tert-OH is 1. The first-order valence-corrected chi connectivity index (χ1v) is 15.2. The molecule has 38 heavy (non-hydrogen) atoms. The van der Waals surface area contributed by atoms with Gasteiger partial charge in [0.25, 0.3) is 5.91 Å². The minimum absolute atomic E-state index is 0.0358. The number of unbranched alkanes of at least 4 members (excludes halogenated alkanes) is 2. The summed E-state index contributed by atoms with van der Waals surface area (Å²) in [6, 6.07) is 6.19. The predicted octanol–water partition coefficient (Wildman–Crippen LogP) is 4.61. The highest BCUT2D eigenvalue weighted by molar-refractivity contribution is 9.09. The zero-order valence-corrected chi connectivity index (χ0v) is 24.4. The Labute approximate surface area is 241 Å². The number of halogens is 2. The molecular formula is C28H34BrClN2O5S. The van der Waals surface area contributed by atoms with E-state index in [1.807, 2.05) is 6.08 Å². The van der Waals surface area contributed by atoms with Gasteiger partial charge in [0, 0.05) is 40.5 Å². The molecule has 3 heterocycles. The lowest BCUT2D eigenvalue weighted by Crippen LogP contribution is -2.55. The van der Waals surface area contributed by atoms with Crippen LogP contribution in [0.2, 0.25) is 5.02 Å². The van der Waals surface area contributed by atoms with Gasteiger partial charge in [-0.05, 0) is 56.4 Å². The van der Waals surface area contributed by atoms with Gasteiger partial charge in [-0.15, -0.1) is 24.9 Å². The highest BCUT2D eigenvalue weighted by atomic mass is 79.9. The molecule has 4 rings (SSSR count). The molecule has 1 aromatic carbocycles. The molecule has 0 saturated carbocycles. The van der Waals surface area contributed by atoms with Crippen LogP contribution in [0.5, 0.6) is 0 Å². The summed E-state index contributed by atoms with van der Waals surface area (Å²) in [4.78, 5) is 44.9. The molecule has 3 unspecified atom stereocenters. The summed E-state index contributed by atoms with van der Waals surface area (Å²) >= 11 is 11.4. The van der Waals surface area contributed by atoms with Crippen molar-refractivity contribution in [2.24, 2.45) is 11.8 Å². The number of rotatable bonds is 13. The SMILES string of the molecule is C=CCCCCOC(=O)[C@H]1[C@@H]2SC3(CC2Br)C(C(=O)N(CC=C)c2ccc(Cl)cc2)N(CCCO)C(=O)[C@H]13. The van der Waals surface area contributed by atoms with Gasteiger partial charge >= 0.3 is 5.97 Å². The zero-order valence-electron chi connectivity index (χ0n) is 21.3. The number of ether oxygens (including phenoxy) is 1. The fourth-order valence-electron chi connectivity index (χ4n) is 6.04. The molecule has 3 aliphatic heterocycles. The third-order valence-corrected chi connectivity index (χ3v) is 11.1. The van der Waals surface area contributed by atoms with Crippen molar-refractivity contribution in [2.75, 3.05) is 31.2 Å². The lowest BCUT2D eigenvalue weighted by molar-refractivity contribution is -0.154. The van der Waals surface area contributed by atoms with Gasteiger partial charge in [0.15, 0.2) is 0 Å². The van der Waals surface area contributed by atoms with E-state index in [4.69, 9.17) is 16.3 Å². The second-order valence-corrected chi connectivity index (χ2v) is 13.1. The molecule has 7 nitrogen and oxygen atoms in total. The number of nitrogens with zero attached hydrogens (tertiary/aromatic N) is 2. The molecule has 1 aromatic rings. The average molecular weight is 626 g/mol. The van der Waals surface area contributed by atoms with Crippen molar-refractivity contribution in [3.63, 3.8) is 0 Å². The van der Waals surface area contributed by atoms with E-state index in [1.165, 1.54) is 0 Å². The van der Waals surface area contributed by atoms with Crippen molar-refractivity contribution in [2.45, 2.75) is 53.0 Å². The van der Waals surface area contributed by atoms with Crippen molar-refractivity contribution in [1.82, 2.24) is 4.90 Å². The standard InChI is InChI=1S/C28H34BrClN2O5S/c1-3-5-6-7-16-37-27(36)21-22-25(34)32(14-8-15-33)24(28(22)17-20(29)23(21)38-28)26(35)31(13-4-2)19-11-9-18(30)10-12-19/h3-4,9-12,20-24,33H,1-2,5-8,13-17H2/t20?,21-,22+,23-,24?,28?/m1/s1. The minimum atomic E-state index is -0.789. The highest BCUT2D eigenvalue weighted by Crippen LogP contribution is 2.68. The molecular weight excluding hydrogens is 592 g/mol. The lowest BCUT2D eigenvalue weighted by Gasteiger charge is -2.37. The Morgan fingerprint density at radius 3 is 2.63 bits per heavy atom. The van der Waals surface area contributed by atoms with Crippen molar-refractivity contribution >= 4 is 62.8 Å². The number of carbonyl (C=O) groups is 3. The molecule has 0 aliphatic carbocycles. The maximum absolute atomic E-state index is 14.4. The molecule has 0 radical (unpaired) electrons. The van der Waals surface area contributed by atoms with Crippen LogP contribution in [0.1, 0.15) is 32.1 Å². The Morgan fingerprint density at radius 2 is 1.97 bits per heavy atom. The zero-order chi connectivity index (χ0) is 27.4. The Bertz CT molecular complexity index is 1070. The number of hydrogen-bond acceptors (Lipinski definition) is 6. The second-order valence-electron chi connectivity index (χ2n) is 9.94. The number of alkyl halides is 1. The molecule has 6 atom stereocenters. The van der Waals surface area contributed by atoms with Gasteiger partial charge in [0.1, 0.15) is 6.04 Å². The molecule has 2 amide bonds. The van der Waals surface area contributed by atoms with Crippen LogP contribution in [0.25, 0.3) is 0 Å². The highest BCUT2D eigenvalue weighted by Gasteiger charge is 2.76. The molecule has 0 aromatic heterocycles. The van der Waals surface area contributed by atoms with Gasteiger partial charge in [-0.25, -0.2) is 0 Å². The van der Waals surface area contributed by atoms with Crippen molar-refractivity contribution in [3.8, 4) is 0 Å². The molecule has 1 spiro atoms. The van der Waals surface area contributed by atoms with E-state index in [0.717, 1.165) is 19.3 Å². The molecule has 206 valence electrons. The van der Waals surface area contributed by atoms with Crippen LogP contribution in [0, 0.1) is 11.8 Å². The Kier molecular flexibility index (Phi) is 9.66. The average Bonchev–Trinajstić information content (AvgIpc) is 3.49. The third-order valence-electron chi connectivity index (χ3n) is 7.62. The summed E-state index contributed by atoms with van der Waals surface area (Å²) in [7, 11) is 0. The van der Waals surface area contributed by atoms with Gasteiger partial charge in [-0.3, -0.25) is 14.4 Å². The van der Waals surface area contributed by atoms with Crippen LogP contribution >= 0.6 is 39.3 Å². The van der Waals surface area contributed by atoms with E-state index < -0.39 is 22.6 Å². The number of allylic oxidation sites excluding steroid dienone is 1. The molecule has 10 heteroatoms. The van der Waals surface area contributed by atoms with Crippen LogP contribution < -0.4 is 4.90 Å². The predicted molar refractivity (Wildman–Crippen MR) is 155 cm³/mol. The monoisotopic (exact) mass is 624 g/mol. The largest absolute Gasteiger partial charge is 0.465 e. The molecule has 3 aliphatic rings. The van der Waals surface area contributed by atoms with E-state index in [1.54, 1.807) is 51.9 Å². The van der Waals surface area contributed by atoms with Gasteiger partial charge in [-0.1, -0.05) is 39.7 Å². The van der Waals surface area contributed by atoms with Crippen LogP contribution in [0.3, 0.4) is 0 Å². The van der Waals surface area contributed by atoms with Crippen molar-refractivity contribution in [1.29, 1.82) is 0 Å². The Balaban J connectivity index is 1.67. The van der Waals surface area contributed by atoms with Crippen LogP contribution in [0.4, 0.5) is 5.69 Å². The number of esters is 1. The first-order chi connectivity index (χ1) is 18.3. The summed E-state index contributed by atoms with van der Waals surface area (Å²) in [5, 5.41) is 9.95. The fourth-order valence-corrected chi connectivity index (χ4v) is 9.76. The first-order valence-electron chi connectivity index (χ1n) is 13.0. The second kappa shape index (κ2) is 12.6. The van der Waals surface area contributed by atoms with Gasteiger partial charge in [0.2, 0.25) is 5.91 Å². The number of aliphatic hydroxyl groups is 1. The van der Waals surface area contributed by atoms with E-state index in [2.05, 4.69) is 29.1 Å². The number of fused-ring (bicyclic) bond motifs is 1. The van der Waals surface area contributed by atoms with E-state index in [9.17, 15) is 19.5 Å². The number of thioether (sulfide) groups is 1. The fraction of sp³-hybridized carbons (Fsp3) is 0.536. The summed E-state index contributed by atoms with van der Waals surface area (Å²) in [6.45, 7) is 8.21. The molecule has 3 saturated heterocycles. The molecule has 1 N–H and O–H groups in total. The lowest BCUT2D eigenvalue weighted by atomic mass is 9.71. The molecule has 3 fully saturated rings. The van der Waals surface area contributed by atoms with Gasteiger partial charge in [0.05, 0.1) is 23.2 Å². The van der Waals surface area contributed by atoms with Crippen LogP contribution in [0.15, 0.2) is 49.6 Å². The molecule has 2 bridgehead atoms. The number of amides is 2. The Morgan fingerprint density at radius 1 is 1.24 bits per heavy atom. The topological polar surface area (TPSA) is 87.2 Å². The first kappa shape index (κ1) is 29.2. The Hall–Kier alpha value is -1.81. The summed E-state index contributed by atoms with van der Waals surface area (Å²) in [5.74, 6) is -2.11. The maximum atomic E-state index is 14.4. The van der Waals surface area contributed by atoms with E-state index in [0.29, 0.717) is 30.2 Å². The summed E-state index contributed by atoms with van der Waals surface area (Å²) in [6.07, 6.45) is 6.86. The normalized spacial score (nSPS) is 29.3. The number of benzene rings is 1. The number of anilines is 1. The quantitative estimate of drug-likeness (QED) is 0.149. The van der Waals surface area contributed by atoms with Crippen LogP contribution in [-0.2, 0) is 19.1 Å². The van der Waals surface area contributed by atoms with Crippen molar-refractivity contribution < 1.29 is 24.2 Å². The number of hydrogen-bond donors (Lipinski definition) is 1.